The van der Waals surface area contributed by atoms with E-state index in [9.17, 15) is 22.8 Å². The van der Waals surface area contributed by atoms with Crippen LogP contribution in [0.5, 0.6) is 0 Å². The molecule has 0 aliphatic carbocycles. The second-order valence-electron chi connectivity index (χ2n) is 8.58. The molecule has 0 bridgehead atoms. The lowest BCUT2D eigenvalue weighted by molar-refractivity contribution is -0.0499. The Morgan fingerprint density at radius 3 is 1.75 bits per heavy atom. The normalized spacial score (nSPS) is 20.0. The van der Waals surface area contributed by atoms with Crippen LogP contribution in [0.25, 0.3) is 0 Å². The Kier molecular flexibility index (Phi) is 6.55. The quantitative estimate of drug-likeness (QED) is 0.515. The first-order valence-corrected chi connectivity index (χ1v) is 12.6. The van der Waals surface area contributed by atoms with Gasteiger partial charge in [-0.25, -0.2) is 18.0 Å². The van der Waals surface area contributed by atoms with Crippen molar-refractivity contribution < 1.29 is 32.3 Å². The van der Waals surface area contributed by atoms with Gasteiger partial charge in [-0.1, -0.05) is 66.7 Å². The molecule has 3 aromatic carbocycles. The van der Waals surface area contributed by atoms with E-state index in [0.717, 1.165) is 0 Å². The van der Waals surface area contributed by atoms with Gasteiger partial charge in [-0.15, -0.1) is 0 Å². The van der Waals surface area contributed by atoms with Crippen molar-refractivity contribution in [2.75, 3.05) is 5.75 Å². The van der Waals surface area contributed by atoms with Gasteiger partial charge in [0, 0.05) is 5.56 Å². The summed E-state index contributed by atoms with van der Waals surface area (Å²) < 4.78 is 38.4. The number of sulfone groups is 1. The van der Waals surface area contributed by atoms with Gasteiger partial charge in [0.05, 0.1) is 10.6 Å². The number of primary amides is 2. The van der Waals surface area contributed by atoms with Crippen molar-refractivity contribution in [2.24, 2.45) is 16.9 Å². The summed E-state index contributed by atoms with van der Waals surface area (Å²) in [4.78, 5) is 38.5. The average molecular weight is 509 g/mol. The average Bonchev–Trinajstić information content (AvgIpc) is 2.84. The first-order chi connectivity index (χ1) is 17.1. The van der Waals surface area contributed by atoms with Crippen LogP contribution in [-0.4, -0.2) is 32.1 Å². The summed E-state index contributed by atoms with van der Waals surface area (Å²) in [6.45, 7) is 1.70. The van der Waals surface area contributed by atoms with E-state index in [1.54, 1.807) is 73.7 Å². The number of ketones is 1. The molecule has 1 heterocycles. The molecule has 3 aromatic rings. The monoisotopic (exact) mass is 508 g/mol. The zero-order valence-electron chi connectivity index (χ0n) is 19.3. The van der Waals surface area contributed by atoms with E-state index < -0.39 is 51.2 Å². The molecule has 0 radical (unpaired) electrons. The molecule has 36 heavy (non-hydrogen) atoms. The van der Waals surface area contributed by atoms with Crippen molar-refractivity contribution in [3.05, 3.63) is 101 Å². The molecule has 0 saturated heterocycles. The van der Waals surface area contributed by atoms with Crippen LogP contribution in [0.3, 0.4) is 0 Å². The summed E-state index contributed by atoms with van der Waals surface area (Å²) in [6.07, 6.45) is -5.57. The molecule has 10 heteroatoms. The molecule has 2 amide bonds. The highest BCUT2D eigenvalue weighted by atomic mass is 32.2. The van der Waals surface area contributed by atoms with Gasteiger partial charge >= 0.3 is 12.2 Å². The van der Waals surface area contributed by atoms with Crippen molar-refractivity contribution in [1.82, 2.24) is 0 Å². The molecule has 0 fully saturated rings. The van der Waals surface area contributed by atoms with Gasteiger partial charge in [0.25, 0.3) is 0 Å². The fourth-order valence-corrected chi connectivity index (χ4v) is 6.82. The maximum Gasteiger partial charge on any atom is 0.405 e. The standard InChI is InChI=1S/C26H24N2O7S/c1-16-12-13-19-20(14-16)36(32,33)15-26(21(19)29,22(34-24(27)30)17-8-4-2-5-9-17)23(35-25(28)31)18-10-6-3-7-11-18/h2-14,22-23H,15H2,1H3,(H2,27,30)(H2,28,31). The summed E-state index contributed by atoms with van der Waals surface area (Å²) in [5, 5.41) is 0. The molecule has 4 N–H and O–H groups in total. The Balaban J connectivity index is 2.11. The van der Waals surface area contributed by atoms with Gasteiger partial charge in [0.1, 0.15) is 17.6 Å². The highest BCUT2D eigenvalue weighted by Gasteiger charge is 2.62. The van der Waals surface area contributed by atoms with E-state index in [-0.39, 0.29) is 21.6 Å². The highest BCUT2D eigenvalue weighted by Crippen LogP contribution is 2.54. The molecule has 1 aliphatic rings. The smallest absolute Gasteiger partial charge is 0.405 e. The largest absolute Gasteiger partial charge is 0.440 e. The third-order valence-electron chi connectivity index (χ3n) is 6.18. The third-order valence-corrected chi connectivity index (χ3v) is 8.04. The third kappa shape index (κ3) is 4.42. The van der Waals surface area contributed by atoms with Crippen LogP contribution >= 0.6 is 0 Å². The number of amides is 2. The maximum absolute atomic E-state index is 14.4. The summed E-state index contributed by atoms with van der Waals surface area (Å²) in [5.74, 6) is -1.54. The van der Waals surface area contributed by atoms with E-state index in [2.05, 4.69) is 0 Å². The fourth-order valence-electron chi connectivity index (χ4n) is 4.74. The van der Waals surface area contributed by atoms with Gasteiger partial charge in [-0.2, -0.15) is 0 Å². The second kappa shape index (κ2) is 9.46. The Morgan fingerprint density at radius 2 is 1.31 bits per heavy atom. The molecule has 9 nitrogen and oxygen atoms in total. The number of Topliss-reactive ketones (excluding diaryl/α,β-unsaturated/α-hetero) is 1. The Morgan fingerprint density at radius 1 is 0.833 bits per heavy atom. The molecular formula is C26H24N2O7S. The lowest BCUT2D eigenvalue weighted by Gasteiger charge is -2.45. The van der Waals surface area contributed by atoms with E-state index in [4.69, 9.17) is 20.9 Å². The summed E-state index contributed by atoms with van der Waals surface area (Å²) in [6, 6.07) is 20.6. The number of nitrogens with two attached hydrogens (primary N) is 2. The number of rotatable bonds is 6. The van der Waals surface area contributed by atoms with Gasteiger partial charge in [0.15, 0.2) is 15.6 Å². The van der Waals surface area contributed by atoms with Crippen LogP contribution in [-0.2, 0) is 19.3 Å². The molecule has 186 valence electrons. The number of carbonyl (C=O) groups is 3. The van der Waals surface area contributed by atoms with Crippen molar-refractivity contribution in [2.45, 2.75) is 24.0 Å². The molecule has 4 rings (SSSR count). The molecule has 2 unspecified atom stereocenters. The van der Waals surface area contributed by atoms with E-state index in [1.807, 2.05) is 0 Å². The van der Waals surface area contributed by atoms with Gasteiger partial charge in [0.2, 0.25) is 0 Å². The Labute approximate surface area is 207 Å². The number of hydrogen-bond donors (Lipinski definition) is 2. The maximum atomic E-state index is 14.4. The summed E-state index contributed by atoms with van der Waals surface area (Å²) >= 11 is 0. The number of hydrogen-bond acceptors (Lipinski definition) is 7. The second-order valence-corrected chi connectivity index (χ2v) is 10.5. The number of ether oxygens (including phenoxy) is 2. The molecular weight excluding hydrogens is 484 g/mol. The highest BCUT2D eigenvalue weighted by molar-refractivity contribution is 7.91. The van der Waals surface area contributed by atoms with Gasteiger partial charge in [-0.3, -0.25) is 4.79 Å². The van der Waals surface area contributed by atoms with Crippen molar-refractivity contribution in [1.29, 1.82) is 0 Å². The van der Waals surface area contributed by atoms with Crippen LogP contribution in [0.2, 0.25) is 0 Å². The minimum absolute atomic E-state index is 0.116. The van der Waals surface area contributed by atoms with Crippen LogP contribution in [0.1, 0.15) is 39.3 Å². The minimum atomic E-state index is -4.17. The van der Waals surface area contributed by atoms with E-state index in [1.165, 1.54) is 12.1 Å². The van der Waals surface area contributed by atoms with Crippen molar-refractivity contribution in [3.8, 4) is 0 Å². The van der Waals surface area contributed by atoms with Crippen molar-refractivity contribution >= 4 is 27.8 Å². The van der Waals surface area contributed by atoms with Crippen LogP contribution < -0.4 is 11.5 Å². The Bertz CT molecular complexity index is 1360. The number of benzene rings is 3. The van der Waals surface area contributed by atoms with Crippen LogP contribution in [0, 0.1) is 12.3 Å². The minimum Gasteiger partial charge on any atom is -0.440 e. The van der Waals surface area contributed by atoms with Gasteiger partial charge in [-0.05, 0) is 35.7 Å². The molecule has 0 aromatic heterocycles. The van der Waals surface area contributed by atoms with Crippen LogP contribution in [0.15, 0.2) is 83.8 Å². The molecule has 1 aliphatic heterocycles. The Hall–Kier alpha value is -4.18. The van der Waals surface area contributed by atoms with Crippen LogP contribution in [0.4, 0.5) is 9.59 Å². The first kappa shape index (κ1) is 24.9. The predicted molar refractivity (Wildman–Crippen MR) is 130 cm³/mol. The van der Waals surface area contributed by atoms with Gasteiger partial charge < -0.3 is 20.9 Å². The summed E-state index contributed by atoms with van der Waals surface area (Å²) in [5.41, 5.74) is 9.75. The summed E-state index contributed by atoms with van der Waals surface area (Å²) in [7, 11) is -4.17. The zero-order chi connectivity index (χ0) is 26.1. The molecule has 0 spiro atoms. The topological polar surface area (TPSA) is 156 Å². The number of fused-ring (bicyclic) bond motifs is 1. The van der Waals surface area contributed by atoms with E-state index in [0.29, 0.717) is 5.56 Å². The zero-order valence-corrected chi connectivity index (χ0v) is 20.1. The molecule has 2 atom stereocenters. The molecule has 0 saturated carbocycles. The number of carbonyl (C=O) groups excluding carboxylic acids is 3. The lowest BCUT2D eigenvalue weighted by Crippen LogP contribution is -2.53. The SMILES string of the molecule is Cc1ccc2c(c1)S(=O)(=O)CC(C(OC(N)=O)c1ccccc1)(C(OC(N)=O)c1ccccc1)C2=O. The lowest BCUT2D eigenvalue weighted by atomic mass is 9.68. The first-order valence-electron chi connectivity index (χ1n) is 11.0. The number of aryl methyl sites for hydroxylation is 1. The predicted octanol–water partition coefficient (Wildman–Crippen LogP) is 3.62. The fraction of sp³-hybridized carbons (Fsp3) is 0.192. The van der Waals surface area contributed by atoms with Crippen molar-refractivity contribution in [3.63, 3.8) is 0 Å². The van der Waals surface area contributed by atoms with E-state index >= 15 is 0 Å².